The molecule has 4 heterocycles. The SMILES string of the molecule is COc1ccc(CN2C(=O)CNc3ncc(C(=O)N4CCC(n5ccnc5)C4)cc32)cc1. The highest BCUT2D eigenvalue weighted by Gasteiger charge is 2.30. The third-order valence-electron chi connectivity index (χ3n) is 6.01. The molecule has 1 atom stereocenters. The molecule has 1 aromatic carbocycles. The molecule has 2 aromatic heterocycles. The van der Waals surface area contributed by atoms with Crippen LogP contribution >= 0.6 is 0 Å². The molecule has 1 fully saturated rings. The zero-order valence-electron chi connectivity index (χ0n) is 17.8. The second-order valence-electron chi connectivity index (χ2n) is 7.98. The highest BCUT2D eigenvalue weighted by atomic mass is 16.5. The van der Waals surface area contributed by atoms with Crippen LogP contribution in [0.4, 0.5) is 11.5 Å². The van der Waals surface area contributed by atoms with Crippen LogP contribution < -0.4 is 15.0 Å². The van der Waals surface area contributed by atoms with Crippen molar-refractivity contribution in [3.05, 3.63) is 66.4 Å². The summed E-state index contributed by atoms with van der Waals surface area (Å²) in [6.45, 7) is 1.86. The quantitative estimate of drug-likeness (QED) is 0.665. The summed E-state index contributed by atoms with van der Waals surface area (Å²) in [6, 6.07) is 9.58. The van der Waals surface area contributed by atoms with Gasteiger partial charge in [-0.05, 0) is 30.2 Å². The Morgan fingerprint density at radius 2 is 2.12 bits per heavy atom. The van der Waals surface area contributed by atoms with Crippen molar-refractivity contribution in [2.45, 2.75) is 19.0 Å². The molecule has 2 amide bonds. The van der Waals surface area contributed by atoms with Crippen molar-refractivity contribution in [3.63, 3.8) is 0 Å². The number of hydrogen-bond acceptors (Lipinski definition) is 6. The zero-order valence-corrected chi connectivity index (χ0v) is 17.8. The number of ether oxygens (including phenoxy) is 1. The summed E-state index contributed by atoms with van der Waals surface area (Å²) in [4.78, 5) is 37.9. The molecule has 0 bridgehead atoms. The van der Waals surface area contributed by atoms with Crippen LogP contribution in [0.5, 0.6) is 5.75 Å². The Labute approximate surface area is 185 Å². The van der Waals surface area contributed by atoms with E-state index in [-0.39, 0.29) is 24.4 Å². The first-order valence-corrected chi connectivity index (χ1v) is 10.6. The second-order valence-corrected chi connectivity index (χ2v) is 7.98. The molecule has 0 spiro atoms. The predicted octanol–water partition coefficient (Wildman–Crippen LogP) is 2.33. The monoisotopic (exact) mass is 432 g/mol. The number of rotatable bonds is 5. The Bertz CT molecular complexity index is 1130. The van der Waals surface area contributed by atoms with E-state index in [0.717, 1.165) is 17.7 Å². The van der Waals surface area contributed by atoms with E-state index >= 15 is 0 Å². The third-order valence-corrected chi connectivity index (χ3v) is 6.01. The molecule has 9 heteroatoms. The number of amides is 2. The molecule has 2 aliphatic heterocycles. The molecule has 0 saturated carbocycles. The molecule has 2 aliphatic rings. The second kappa shape index (κ2) is 8.33. The van der Waals surface area contributed by atoms with Gasteiger partial charge in [-0.3, -0.25) is 9.59 Å². The fraction of sp³-hybridized carbons (Fsp3) is 0.304. The molecule has 0 radical (unpaired) electrons. The van der Waals surface area contributed by atoms with Crippen LogP contribution in [0.2, 0.25) is 0 Å². The summed E-state index contributed by atoms with van der Waals surface area (Å²) >= 11 is 0. The maximum Gasteiger partial charge on any atom is 0.255 e. The van der Waals surface area contributed by atoms with Gasteiger partial charge in [-0.2, -0.15) is 0 Å². The van der Waals surface area contributed by atoms with Crippen molar-refractivity contribution in [1.82, 2.24) is 19.4 Å². The number of nitrogens with zero attached hydrogens (tertiary/aromatic N) is 5. The van der Waals surface area contributed by atoms with E-state index < -0.39 is 0 Å². The summed E-state index contributed by atoms with van der Waals surface area (Å²) in [7, 11) is 1.62. The number of hydrogen-bond donors (Lipinski definition) is 1. The van der Waals surface area contributed by atoms with Crippen LogP contribution in [0.1, 0.15) is 28.4 Å². The lowest BCUT2D eigenvalue weighted by Gasteiger charge is -2.30. The van der Waals surface area contributed by atoms with Gasteiger partial charge in [0.15, 0.2) is 5.82 Å². The highest BCUT2D eigenvalue weighted by molar-refractivity contribution is 6.04. The maximum atomic E-state index is 13.2. The highest BCUT2D eigenvalue weighted by Crippen LogP contribution is 2.31. The van der Waals surface area contributed by atoms with Crippen LogP contribution in [0.15, 0.2) is 55.2 Å². The van der Waals surface area contributed by atoms with E-state index in [9.17, 15) is 9.59 Å². The summed E-state index contributed by atoms with van der Waals surface area (Å²) in [5.74, 6) is 1.22. The minimum absolute atomic E-state index is 0.0685. The molecule has 32 heavy (non-hydrogen) atoms. The van der Waals surface area contributed by atoms with E-state index in [2.05, 4.69) is 15.3 Å². The first kappa shape index (κ1) is 20.0. The average molecular weight is 432 g/mol. The first-order valence-electron chi connectivity index (χ1n) is 10.6. The van der Waals surface area contributed by atoms with E-state index in [1.165, 1.54) is 0 Å². The Balaban J connectivity index is 1.37. The van der Waals surface area contributed by atoms with Crippen LogP contribution in [0.25, 0.3) is 0 Å². The fourth-order valence-electron chi connectivity index (χ4n) is 4.23. The number of imidazole rings is 1. The Morgan fingerprint density at radius 3 is 2.88 bits per heavy atom. The number of anilines is 2. The predicted molar refractivity (Wildman–Crippen MR) is 119 cm³/mol. The zero-order chi connectivity index (χ0) is 22.1. The van der Waals surface area contributed by atoms with Crippen LogP contribution in [-0.2, 0) is 11.3 Å². The van der Waals surface area contributed by atoms with Gasteiger partial charge >= 0.3 is 0 Å². The molecule has 1 saturated heterocycles. The molecule has 1 unspecified atom stereocenters. The molecular weight excluding hydrogens is 408 g/mol. The average Bonchev–Trinajstić information content (AvgIpc) is 3.53. The number of pyridine rings is 1. The number of likely N-dealkylation sites (tertiary alicyclic amines) is 1. The summed E-state index contributed by atoms with van der Waals surface area (Å²) in [6.07, 6.45) is 7.92. The minimum atomic E-state index is -0.0784. The van der Waals surface area contributed by atoms with Crippen LogP contribution in [0.3, 0.4) is 0 Å². The number of aromatic nitrogens is 3. The molecule has 164 valence electrons. The summed E-state index contributed by atoms with van der Waals surface area (Å²) in [5, 5.41) is 3.05. The lowest BCUT2D eigenvalue weighted by atomic mass is 10.1. The number of benzene rings is 1. The van der Waals surface area contributed by atoms with Gasteiger partial charge < -0.3 is 24.4 Å². The lowest BCUT2D eigenvalue weighted by Crippen LogP contribution is -2.40. The lowest BCUT2D eigenvalue weighted by molar-refractivity contribution is -0.117. The maximum absolute atomic E-state index is 13.2. The van der Waals surface area contributed by atoms with Crippen molar-refractivity contribution in [2.75, 3.05) is 37.0 Å². The topological polar surface area (TPSA) is 92.6 Å². The number of fused-ring (bicyclic) bond motifs is 1. The number of carbonyl (C=O) groups excluding carboxylic acids is 2. The van der Waals surface area contributed by atoms with Gasteiger partial charge in [-0.25, -0.2) is 9.97 Å². The van der Waals surface area contributed by atoms with Crippen molar-refractivity contribution >= 4 is 23.3 Å². The summed E-state index contributed by atoms with van der Waals surface area (Å²) in [5.41, 5.74) is 2.06. The minimum Gasteiger partial charge on any atom is -0.497 e. The molecule has 0 aliphatic carbocycles. The molecule has 1 N–H and O–H groups in total. The van der Waals surface area contributed by atoms with E-state index in [4.69, 9.17) is 4.74 Å². The molecule has 5 rings (SSSR count). The standard InChI is InChI=1S/C23H24N6O3/c1-32-19-4-2-16(3-5-19)13-29-20-10-17(11-25-22(20)26-12-21(29)30)23(31)27-8-6-18(14-27)28-9-7-24-15-28/h2-5,7,9-11,15,18H,6,8,12-14H2,1H3,(H,25,26). The van der Waals surface area contributed by atoms with Gasteiger partial charge in [0.1, 0.15) is 5.75 Å². The van der Waals surface area contributed by atoms with E-state index in [0.29, 0.717) is 36.7 Å². The van der Waals surface area contributed by atoms with E-state index in [1.807, 2.05) is 39.9 Å². The Kier molecular flexibility index (Phi) is 5.22. The van der Waals surface area contributed by atoms with Crippen LogP contribution in [0, 0.1) is 0 Å². The third kappa shape index (κ3) is 3.77. The van der Waals surface area contributed by atoms with Crippen molar-refractivity contribution in [3.8, 4) is 5.75 Å². The van der Waals surface area contributed by atoms with Crippen molar-refractivity contribution in [2.24, 2.45) is 0 Å². The number of nitrogens with one attached hydrogen (secondary N) is 1. The smallest absolute Gasteiger partial charge is 0.255 e. The van der Waals surface area contributed by atoms with Gasteiger partial charge in [-0.15, -0.1) is 0 Å². The van der Waals surface area contributed by atoms with Gasteiger partial charge in [0, 0.05) is 31.7 Å². The molecular formula is C23H24N6O3. The number of methoxy groups -OCH3 is 1. The first-order chi connectivity index (χ1) is 15.6. The van der Waals surface area contributed by atoms with Crippen molar-refractivity contribution in [1.29, 1.82) is 0 Å². The van der Waals surface area contributed by atoms with Crippen LogP contribution in [-0.4, -0.2) is 58.0 Å². The molecule has 3 aromatic rings. The van der Waals surface area contributed by atoms with Gasteiger partial charge in [-0.1, -0.05) is 12.1 Å². The van der Waals surface area contributed by atoms with Gasteiger partial charge in [0.25, 0.3) is 5.91 Å². The van der Waals surface area contributed by atoms with E-state index in [1.54, 1.807) is 36.8 Å². The summed E-state index contributed by atoms with van der Waals surface area (Å²) < 4.78 is 7.25. The normalized spacial score (nSPS) is 17.8. The molecule has 9 nitrogen and oxygen atoms in total. The Hall–Kier alpha value is -3.88. The Morgan fingerprint density at radius 1 is 1.28 bits per heavy atom. The number of carbonyl (C=O) groups is 2. The van der Waals surface area contributed by atoms with Gasteiger partial charge in [0.2, 0.25) is 5.91 Å². The fourth-order valence-corrected chi connectivity index (χ4v) is 4.23. The van der Waals surface area contributed by atoms with Crippen molar-refractivity contribution < 1.29 is 14.3 Å². The largest absolute Gasteiger partial charge is 0.497 e. The van der Waals surface area contributed by atoms with Gasteiger partial charge in [0.05, 0.1) is 43.8 Å².